The van der Waals surface area contributed by atoms with Crippen molar-refractivity contribution in [2.45, 2.75) is 13.0 Å². The van der Waals surface area contributed by atoms with E-state index in [2.05, 4.69) is 10.3 Å². The van der Waals surface area contributed by atoms with Crippen LogP contribution in [0.5, 0.6) is 17.2 Å². The zero-order valence-electron chi connectivity index (χ0n) is 16.3. The molecule has 0 aliphatic carbocycles. The first-order valence-corrected chi connectivity index (χ1v) is 9.38. The van der Waals surface area contributed by atoms with Gasteiger partial charge in [-0.25, -0.2) is 4.79 Å². The number of pyridine rings is 1. The number of aromatic nitrogens is 1. The normalized spacial score (nSPS) is 11.3. The fourth-order valence-electron chi connectivity index (χ4n) is 2.55. The lowest BCUT2D eigenvalue weighted by Gasteiger charge is -2.16. The highest BCUT2D eigenvalue weighted by Crippen LogP contribution is 2.28. The number of benzene rings is 2. The Labute approximate surface area is 178 Å². The van der Waals surface area contributed by atoms with Crippen molar-refractivity contribution in [3.63, 3.8) is 0 Å². The van der Waals surface area contributed by atoms with Crippen LogP contribution in [0.25, 0.3) is 0 Å². The van der Waals surface area contributed by atoms with Crippen LogP contribution in [0.15, 0.2) is 67.0 Å². The Morgan fingerprint density at radius 3 is 2.60 bits per heavy atom. The third-order valence-electron chi connectivity index (χ3n) is 4.04. The van der Waals surface area contributed by atoms with Crippen LogP contribution in [0, 0.1) is 0 Å². The van der Waals surface area contributed by atoms with Crippen LogP contribution in [0.3, 0.4) is 0 Å². The molecular weight excluding hydrogens is 408 g/mol. The lowest BCUT2D eigenvalue weighted by atomic mass is 10.2. The molecule has 1 atom stereocenters. The average Bonchev–Trinajstić information content (AvgIpc) is 2.75. The molecule has 1 heterocycles. The van der Waals surface area contributed by atoms with Crippen LogP contribution in [-0.2, 0) is 9.53 Å². The number of rotatable bonds is 7. The van der Waals surface area contributed by atoms with Gasteiger partial charge < -0.3 is 19.5 Å². The van der Waals surface area contributed by atoms with Gasteiger partial charge >= 0.3 is 5.97 Å². The number of carbonyl (C=O) groups is 2. The van der Waals surface area contributed by atoms with Gasteiger partial charge in [-0.1, -0.05) is 23.7 Å². The summed E-state index contributed by atoms with van der Waals surface area (Å²) in [6.07, 6.45) is 2.06. The van der Waals surface area contributed by atoms with Crippen molar-refractivity contribution < 1.29 is 23.8 Å². The summed E-state index contributed by atoms with van der Waals surface area (Å²) in [7, 11) is 1.47. The van der Waals surface area contributed by atoms with Crippen molar-refractivity contribution in [3.8, 4) is 17.2 Å². The van der Waals surface area contributed by atoms with Gasteiger partial charge in [0.05, 0.1) is 19.0 Å². The van der Waals surface area contributed by atoms with E-state index >= 15 is 0 Å². The number of methoxy groups -OCH3 is 1. The SMILES string of the molecule is COc1ccc(Cl)cc1NC(=O)C(C)OC(=O)c1ccccc1Oc1cccnc1. The van der Waals surface area contributed by atoms with Crippen molar-refractivity contribution >= 4 is 29.2 Å². The fourth-order valence-corrected chi connectivity index (χ4v) is 2.72. The number of carbonyl (C=O) groups excluding carboxylic acids is 2. The molecule has 0 saturated carbocycles. The topological polar surface area (TPSA) is 86.8 Å². The molecule has 0 bridgehead atoms. The zero-order valence-corrected chi connectivity index (χ0v) is 17.1. The summed E-state index contributed by atoms with van der Waals surface area (Å²) < 4.78 is 16.2. The molecule has 0 aliphatic rings. The van der Waals surface area contributed by atoms with Crippen LogP contribution in [0.4, 0.5) is 5.69 Å². The predicted octanol–water partition coefficient (Wildman–Crippen LogP) is 4.72. The lowest BCUT2D eigenvalue weighted by molar-refractivity contribution is -0.123. The van der Waals surface area contributed by atoms with Gasteiger partial charge in [0.25, 0.3) is 5.91 Å². The molecule has 7 nitrogen and oxygen atoms in total. The molecule has 3 rings (SSSR count). The summed E-state index contributed by atoms with van der Waals surface area (Å²) in [5.74, 6) is -0.0394. The fraction of sp³-hybridized carbons (Fsp3) is 0.136. The van der Waals surface area contributed by atoms with E-state index in [-0.39, 0.29) is 5.56 Å². The minimum Gasteiger partial charge on any atom is -0.495 e. The standard InChI is InChI=1S/C22H19ClN2O5/c1-14(21(26)25-18-12-15(23)9-10-20(18)28-2)29-22(27)17-7-3-4-8-19(17)30-16-6-5-11-24-13-16/h3-14H,1-2H3,(H,25,26). The van der Waals surface area contributed by atoms with E-state index in [0.29, 0.717) is 28.0 Å². The number of nitrogens with zero attached hydrogens (tertiary/aromatic N) is 1. The number of hydrogen-bond acceptors (Lipinski definition) is 6. The van der Waals surface area contributed by atoms with Gasteiger partial charge in [-0.05, 0) is 49.4 Å². The number of para-hydroxylation sites is 1. The number of ether oxygens (including phenoxy) is 3. The summed E-state index contributed by atoms with van der Waals surface area (Å²) in [6.45, 7) is 1.47. The van der Waals surface area contributed by atoms with Crippen molar-refractivity contribution in [3.05, 3.63) is 77.6 Å². The first-order valence-electron chi connectivity index (χ1n) is 9.00. The Morgan fingerprint density at radius 2 is 1.87 bits per heavy atom. The van der Waals surface area contributed by atoms with E-state index < -0.39 is 18.0 Å². The van der Waals surface area contributed by atoms with Crippen LogP contribution >= 0.6 is 11.6 Å². The maximum absolute atomic E-state index is 12.7. The minimum absolute atomic E-state index is 0.182. The number of esters is 1. The number of halogens is 1. The van der Waals surface area contributed by atoms with Crippen molar-refractivity contribution in [2.24, 2.45) is 0 Å². The quantitative estimate of drug-likeness (QED) is 0.550. The van der Waals surface area contributed by atoms with E-state index in [1.54, 1.807) is 60.8 Å². The van der Waals surface area contributed by atoms with Crippen LogP contribution in [0.1, 0.15) is 17.3 Å². The molecule has 1 aromatic heterocycles. The second-order valence-electron chi connectivity index (χ2n) is 6.17. The van der Waals surface area contributed by atoms with Gasteiger partial charge in [0, 0.05) is 11.2 Å². The monoisotopic (exact) mass is 426 g/mol. The molecule has 1 amide bonds. The van der Waals surface area contributed by atoms with Crippen molar-refractivity contribution in [1.82, 2.24) is 4.98 Å². The maximum Gasteiger partial charge on any atom is 0.342 e. The molecule has 0 spiro atoms. The van der Waals surface area contributed by atoms with Crippen LogP contribution < -0.4 is 14.8 Å². The predicted molar refractivity (Wildman–Crippen MR) is 112 cm³/mol. The van der Waals surface area contributed by atoms with Crippen molar-refractivity contribution in [1.29, 1.82) is 0 Å². The Bertz CT molecular complexity index is 1040. The highest BCUT2D eigenvalue weighted by Gasteiger charge is 2.22. The number of nitrogens with one attached hydrogen (secondary N) is 1. The molecule has 8 heteroatoms. The maximum atomic E-state index is 12.7. The third kappa shape index (κ3) is 5.27. The first kappa shape index (κ1) is 21.1. The number of hydrogen-bond donors (Lipinski definition) is 1. The molecule has 1 N–H and O–H groups in total. The Kier molecular flexibility index (Phi) is 6.87. The summed E-state index contributed by atoms with van der Waals surface area (Å²) in [4.78, 5) is 29.1. The van der Waals surface area contributed by atoms with Gasteiger partial charge in [-0.3, -0.25) is 9.78 Å². The van der Waals surface area contributed by atoms with Crippen LogP contribution in [-0.4, -0.2) is 30.1 Å². The second-order valence-corrected chi connectivity index (χ2v) is 6.60. The molecule has 1 unspecified atom stereocenters. The van der Waals surface area contributed by atoms with E-state index in [9.17, 15) is 9.59 Å². The Hall–Kier alpha value is -3.58. The number of anilines is 1. The minimum atomic E-state index is -1.08. The highest BCUT2D eigenvalue weighted by molar-refractivity contribution is 6.31. The van der Waals surface area contributed by atoms with Gasteiger partial charge in [0.2, 0.25) is 0 Å². The third-order valence-corrected chi connectivity index (χ3v) is 4.28. The average molecular weight is 427 g/mol. The van der Waals surface area contributed by atoms with Gasteiger partial charge in [-0.15, -0.1) is 0 Å². The molecular formula is C22H19ClN2O5. The largest absolute Gasteiger partial charge is 0.495 e. The van der Waals surface area contributed by atoms with E-state index in [1.165, 1.54) is 20.2 Å². The smallest absolute Gasteiger partial charge is 0.342 e. The lowest BCUT2D eigenvalue weighted by Crippen LogP contribution is -2.30. The molecule has 0 saturated heterocycles. The summed E-state index contributed by atoms with van der Waals surface area (Å²) in [6, 6.07) is 14.8. The summed E-state index contributed by atoms with van der Waals surface area (Å²) in [5, 5.41) is 3.08. The molecule has 3 aromatic rings. The molecule has 0 radical (unpaired) electrons. The van der Waals surface area contributed by atoms with Crippen molar-refractivity contribution in [2.75, 3.05) is 12.4 Å². The molecule has 2 aromatic carbocycles. The highest BCUT2D eigenvalue weighted by atomic mass is 35.5. The van der Waals surface area contributed by atoms with E-state index in [4.69, 9.17) is 25.8 Å². The molecule has 154 valence electrons. The van der Waals surface area contributed by atoms with E-state index in [1.807, 2.05) is 0 Å². The second kappa shape index (κ2) is 9.76. The Morgan fingerprint density at radius 1 is 1.07 bits per heavy atom. The molecule has 0 aliphatic heterocycles. The summed E-state index contributed by atoms with van der Waals surface area (Å²) >= 11 is 5.97. The molecule has 0 fully saturated rings. The number of amides is 1. The van der Waals surface area contributed by atoms with Crippen LogP contribution in [0.2, 0.25) is 5.02 Å². The Balaban J connectivity index is 1.70. The zero-order chi connectivity index (χ0) is 21.5. The van der Waals surface area contributed by atoms with Gasteiger partial charge in [-0.2, -0.15) is 0 Å². The molecule has 30 heavy (non-hydrogen) atoms. The first-order chi connectivity index (χ1) is 14.5. The van der Waals surface area contributed by atoms with Gasteiger partial charge in [0.1, 0.15) is 22.8 Å². The van der Waals surface area contributed by atoms with E-state index in [0.717, 1.165) is 0 Å². The van der Waals surface area contributed by atoms with Gasteiger partial charge in [0.15, 0.2) is 6.10 Å². The summed E-state index contributed by atoms with van der Waals surface area (Å²) in [5.41, 5.74) is 0.555.